The normalized spacial score (nSPS) is 15.9. The van der Waals surface area contributed by atoms with Crippen molar-refractivity contribution in [3.05, 3.63) is 11.6 Å². The molecule has 2 nitrogen and oxygen atoms in total. The highest BCUT2D eigenvalue weighted by molar-refractivity contribution is 5.93. The topological polar surface area (TPSA) is 20.3 Å². The Labute approximate surface area is 92.3 Å². The lowest BCUT2D eigenvalue weighted by atomic mass is 10.2. The standard InChI is InChI=1S/C13H19NO/c1-4-6-11(3)13(15)14(9-5-2)10-12-7-8-12/h2,6,12H,4,7-10H2,1,3H3/b11-6-. The number of allylic oxidation sites excluding steroid dienone is 1. The fraction of sp³-hybridized carbons (Fsp3) is 0.615. The fourth-order valence-electron chi connectivity index (χ4n) is 1.58. The Bertz CT molecular complexity index is 294. The zero-order valence-corrected chi connectivity index (χ0v) is 9.62. The Morgan fingerprint density at radius 2 is 2.27 bits per heavy atom. The van der Waals surface area contributed by atoms with Crippen molar-refractivity contribution in [1.29, 1.82) is 0 Å². The lowest BCUT2D eigenvalue weighted by Gasteiger charge is -2.20. The average Bonchev–Trinajstić information content (AvgIpc) is 3.00. The highest BCUT2D eigenvalue weighted by Gasteiger charge is 2.26. The molecule has 0 aliphatic heterocycles. The highest BCUT2D eigenvalue weighted by atomic mass is 16.2. The van der Waals surface area contributed by atoms with Crippen molar-refractivity contribution >= 4 is 5.91 Å². The largest absolute Gasteiger partial charge is 0.328 e. The van der Waals surface area contributed by atoms with Crippen molar-refractivity contribution in [1.82, 2.24) is 4.90 Å². The Balaban J connectivity index is 2.57. The van der Waals surface area contributed by atoms with Gasteiger partial charge in [0.05, 0.1) is 6.54 Å². The molecular formula is C13H19NO. The number of nitrogens with zero attached hydrogens (tertiary/aromatic N) is 1. The fourth-order valence-corrected chi connectivity index (χ4v) is 1.58. The molecule has 0 bridgehead atoms. The van der Waals surface area contributed by atoms with E-state index < -0.39 is 0 Å². The molecule has 1 aliphatic carbocycles. The Morgan fingerprint density at radius 3 is 2.73 bits per heavy atom. The first-order valence-electron chi connectivity index (χ1n) is 5.58. The van der Waals surface area contributed by atoms with Crippen LogP contribution in [0.25, 0.3) is 0 Å². The molecule has 0 atom stereocenters. The van der Waals surface area contributed by atoms with Gasteiger partial charge in [-0.15, -0.1) is 6.42 Å². The van der Waals surface area contributed by atoms with E-state index in [1.165, 1.54) is 12.8 Å². The van der Waals surface area contributed by atoms with Gasteiger partial charge in [-0.25, -0.2) is 0 Å². The van der Waals surface area contributed by atoms with Crippen LogP contribution in [0.2, 0.25) is 0 Å². The maximum Gasteiger partial charge on any atom is 0.249 e. The van der Waals surface area contributed by atoms with E-state index in [1.807, 2.05) is 19.9 Å². The van der Waals surface area contributed by atoms with E-state index in [4.69, 9.17) is 6.42 Å². The van der Waals surface area contributed by atoms with E-state index in [2.05, 4.69) is 5.92 Å². The van der Waals surface area contributed by atoms with Gasteiger partial charge in [0.1, 0.15) is 0 Å². The van der Waals surface area contributed by atoms with Gasteiger partial charge >= 0.3 is 0 Å². The van der Waals surface area contributed by atoms with Crippen LogP contribution in [0.4, 0.5) is 0 Å². The second kappa shape index (κ2) is 5.60. The number of carbonyl (C=O) groups is 1. The van der Waals surface area contributed by atoms with Crippen molar-refractivity contribution in [3.8, 4) is 12.3 Å². The number of hydrogen-bond donors (Lipinski definition) is 0. The molecule has 0 N–H and O–H groups in total. The molecule has 0 unspecified atom stereocenters. The van der Waals surface area contributed by atoms with Crippen LogP contribution in [0.15, 0.2) is 11.6 Å². The third kappa shape index (κ3) is 3.79. The second-order valence-electron chi connectivity index (χ2n) is 4.13. The molecule has 0 radical (unpaired) electrons. The van der Waals surface area contributed by atoms with Crippen molar-refractivity contribution < 1.29 is 4.79 Å². The van der Waals surface area contributed by atoms with Crippen LogP contribution in [0.3, 0.4) is 0 Å². The average molecular weight is 205 g/mol. The molecule has 2 heteroatoms. The third-order valence-corrected chi connectivity index (χ3v) is 2.59. The van der Waals surface area contributed by atoms with Crippen LogP contribution in [-0.4, -0.2) is 23.9 Å². The van der Waals surface area contributed by atoms with E-state index in [9.17, 15) is 4.79 Å². The first-order valence-corrected chi connectivity index (χ1v) is 5.58. The van der Waals surface area contributed by atoms with Gasteiger partial charge in [-0.2, -0.15) is 0 Å². The maximum absolute atomic E-state index is 11.9. The van der Waals surface area contributed by atoms with Crippen LogP contribution in [0.5, 0.6) is 0 Å². The molecule has 1 aliphatic rings. The first-order chi connectivity index (χ1) is 7.19. The van der Waals surface area contributed by atoms with Crippen LogP contribution < -0.4 is 0 Å². The predicted octanol–water partition coefficient (Wildman–Crippen LogP) is 2.21. The Hall–Kier alpha value is -1.23. The maximum atomic E-state index is 11.9. The third-order valence-electron chi connectivity index (χ3n) is 2.59. The van der Waals surface area contributed by atoms with E-state index in [0.29, 0.717) is 12.5 Å². The van der Waals surface area contributed by atoms with Gasteiger partial charge in [0.25, 0.3) is 0 Å². The summed E-state index contributed by atoms with van der Waals surface area (Å²) in [6, 6.07) is 0. The van der Waals surface area contributed by atoms with E-state index in [1.54, 1.807) is 4.90 Å². The molecule has 1 fully saturated rings. The molecule has 82 valence electrons. The molecule has 1 amide bonds. The summed E-state index contributed by atoms with van der Waals surface area (Å²) in [5, 5.41) is 0. The molecule has 0 spiro atoms. The van der Waals surface area contributed by atoms with Crippen LogP contribution >= 0.6 is 0 Å². The first kappa shape index (κ1) is 11.8. The monoisotopic (exact) mass is 205 g/mol. The van der Waals surface area contributed by atoms with Crippen molar-refractivity contribution in [2.45, 2.75) is 33.1 Å². The molecule has 1 saturated carbocycles. The van der Waals surface area contributed by atoms with Gasteiger partial charge < -0.3 is 4.90 Å². The summed E-state index contributed by atoms with van der Waals surface area (Å²) >= 11 is 0. The number of carbonyl (C=O) groups excluding carboxylic acids is 1. The number of terminal acetylenes is 1. The molecular weight excluding hydrogens is 186 g/mol. The van der Waals surface area contributed by atoms with Crippen molar-refractivity contribution in [2.24, 2.45) is 5.92 Å². The van der Waals surface area contributed by atoms with Gasteiger partial charge in [0.2, 0.25) is 5.91 Å². The molecule has 0 aromatic carbocycles. The number of hydrogen-bond acceptors (Lipinski definition) is 1. The summed E-state index contributed by atoms with van der Waals surface area (Å²) in [4.78, 5) is 13.7. The zero-order chi connectivity index (χ0) is 11.3. The second-order valence-corrected chi connectivity index (χ2v) is 4.13. The lowest BCUT2D eigenvalue weighted by Crippen LogP contribution is -2.33. The van der Waals surface area contributed by atoms with E-state index in [0.717, 1.165) is 18.5 Å². The van der Waals surface area contributed by atoms with Gasteiger partial charge in [0, 0.05) is 12.1 Å². The van der Waals surface area contributed by atoms with Gasteiger partial charge in [-0.1, -0.05) is 18.9 Å². The smallest absolute Gasteiger partial charge is 0.249 e. The number of amides is 1. The molecule has 15 heavy (non-hydrogen) atoms. The summed E-state index contributed by atoms with van der Waals surface area (Å²) in [6.07, 6.45) is 10.6. The summed E-state index contributed by atoms with van der Waals surface area (Å²) in [5.74, 6) is 3.35. The van der Waals surface area contributed by atoms with Crippen LogP contribution in [-0.2, 0) is 4.79 Å². The molecule has 0 saturated heterocycles. The summed E-state index contributed by atoms with van der Waals surface area (Å²) in [6.45, 7) is 5.16. The quantitative estimate of drug-likeness (QED) is 0.498. The minimum absolute atomic E-state index is 0.0988. The lowest BCUT2D eigenvalue weighted by molar-refractivity contribution is -0.126. The highest BCUT2D eigenvalue weighted by Crippen LogP contribution is 2.29. The molecule has 0 aromatic heterocycles. The van der Waals surface area contributed by atoms with Crippen molar-refractivity contribution in [3.63, 3.8) is 0 Å². The molecule has 0 aromatic rings. The minimum atomic E-state index is 0.0988. The summed E-state index contributed by atoms with van der Waals surface area (Å²) in [5.41, 5.74) is 0.813. The molecule has 0 heterocycles. The SMILES string of the molecule is C#CCN(CC1CC1)C(=O)/C(C)=C\CC. The van der Waals surface area contributed by atoms with Gasteiger partial charge in [-0.05, 0) is 32.1 Å². The Morgan fingerprint density at radius 1 is 1.60 bits per heavy atom. The number of rotatable bonds is 5. The van der Waals surface area contributed by atoms with Crippen LogP contribution in [0.1, 0.15) is 33.1 Å². The van der Waals surface area contributed by atoms with E-state index in [-0.39, 0.29) is 5.91 Å². The van der Waals surface area contributed by atoms with Gasteiger partial charge in [-0.3, -0.25) is 4.79 Å². The van der Waals surface area contributed by atoms with E-state index >= 15 is 0 Å². The minimum Gasteiger partial charge on any atom is -0.328 e. The summed E-state index contributed by atoms with van der Waals surface area (Å²) in [7, 11) is 0. The zero-order valence-electron chi connectivity index (χ0n) is 9.62. The summed E-state index contributed by atoms with van der Waals surface area (Å²) < 4.78 is 0. The van der Waals surface area contributed by atoms with Crippen LogP contribution in [0, 0.1) is 18.3 Å². The Kier molecular flexibility index (Phi) is 4.42. The molecule has 1 rings (SSSR count). The van der Waals surface area contributed by atoms with Gasteiger partial charge in [0.15, 0.2) is 0 Å². The van der Waals surface area contributed by atoms with Crippen molar-refractivity contribution in [2.75, 3.05) is 13.1 Å². The predicted molar refractivity (Wildman–Crippen MR) is 62.2 cm³/mol.